The highest BCUT2D eigenvalue weighted by Crippen LogP contribution is 2.64. The molecule has 1 saturated heterocycles. The number of amides is 1. The second-order valence-corrected chi connectivity index (χ2v) is 18.9. The predicted octanol–water partition coefficient (Wildman–Crippen LogP) is 3.87. The van der Waals surface area contributed by atoms with Crippen molar-refractivity contribution in [3.8, 4) is 0 Å². The number of hydrogen-bond donors (Lipinski definition) is 4. The number of nitrogens with one attached hydrogen (secondary N) is 1. The van der Waals surface area contributed by atoms with E-state index >= 15 is 4.79 Å². The van der Waals surface area contributed by atoms with Crippen LogP contribution in [0.25, 0.3) is 0 Å². The SMILES string of the molecule is CC(=O)OC1C(=O)C2(C)C(O)CC3OCC3(OC(C)=O)C2C2OC(=O)c3cccc(c3)C(C)c3cccc(c3)C(=O)NC(CC(C)C)C(O)C(=O)OC3CC2(O)C(C)(C)C1=C3C. The van der Waals surface area contributed by atoms with Crippen LogP contribution >= 0.6 is 0 Å². The Balaban J connectivity index is 1.51. The molecule has 62 heavy (non-hydrogen) atoms. The van der Waals surface area contributed by atoms with Crippen LogP contribution in [0.1, 0.15) is 119 Å². The van der Waals surface area contributed by atoms with E-state index in [1.807, 2.05) is 26.8 Å². The summed E-state index contributed by atoms with van der Waals surface area (Å²) >= 11 is 0. The molecule has 12 unspecified atom stereocenters. The van der Waals surface area contributed by atoms with Crippen molar-refractivity contribution in [3.05, 3.63) is 81.9 Å². The number of carbonyl (C=O) groups excluding carboxylic acids is 6. The van der Waals surface area contributed by atoms with Gasteiger partial charge in [0.15, 0.2) is 23.6 Å². The number of hydrogen-bond acceptors (Lipinski definition) is 14. The Labute approximate surface area is 360 Å². The quantitative estimate of drug-likeness (QED) is 0.195. The lowest BCUT2D eigenvalue weighted by atomic mass is 9.44. The summed E-state index contributed by atoms with van der Waals surface area (Å²) in [5.74, 6) is -7.18. The molecule has 5 aliphatic rings. The number of ketones is 1. The number of esters is 4. The number of Topliss-reactive ketones (excluding diaryl/α,β-unsaturated/α-hetero) is 1. The first-order valence-corrected chi connectivity index (χ1v) is 21.2. The second-order valence-electron chi connectivity index (χ2n) is 18.9. The lowest BCUT2D eigenvalue weighted by Crippen LogP contribution is -2.82. The third-order valence-corrected chi connectivity index (χ3v) is 14.4. The van der Waals surface area contributed by atoms with Crippen molar-refractivity contribution in [2.45, 2.75) is 141 Å². The van der Waals surface area contributed by atoms with Gasteiger partial charge in [0, 0.05) is 43.6 Å². The second kappa shape index (κ2) is 16.0. The Hall–Kier alpha value is -4.96. The molecular formula is C47H57NO14. The fourth-order valence-corrected chi connectivity index (χ4v) is 10.9. The Kier molecular flexibility index (Phi) is 11.6. The van der Waals surface area contributed by atoms with Crippen LogP contribution in [0.2, 0.25) is 0 Å². The summed E-state index contributed by atoms with van der Waals surface area (Å²) in [6.45, 7) is 13.7. The average molecular weight is 860 g/mol. The van der Waals surface area contributed by atoms with E-state index in [9.17, 15) is 39.3 Å². The highest BCUT2D eigenvalue weighted by molar-refractivity contribution is 5.96. The average Bonchev–Trinajstić information content (AvgIpc) is 3.20. The van der Waals surface area contributed by atoms with Gasteiger partial charge >= 0.3 is 23.9 Å². The van der Waals surface area contributed by atoms with Crippen molar-refractivity contribution in [2.75, 3.05) is 6.61 Å². The van der Waals surface area contributed by atoms with Gasteiger partial charge in [-0.2, -0.15) is 0 Å². The lowest BCUT2D eigenvalue weighted by Gasteiger charge is -2.67. The summed E-state index contributed by atoms with van der Waals surface area (Å²) in [6, 6.07) is 12.3. The van der Waals surface area contributed by atoms with E-state index in [-0.39, 0.29) is 53.6 Å². The summed E-state index contributed by atoms with van der Waals surface area (Å²) in [7, 11) is 0. The van der Waals surface area contributed by atoms with Crippen molar-refractivity contribution in [1.29, 1.82) is 0 Å². The molecule has 0 aromatic heterocycles. The molecule has 2 aromatic carbocycles. The molecule has 2 saturated carbocycles. The minimum atomic E-state index is -2.37. The van der Waals surface area contributed by atoms with Gasteiger partial charge < -0.3 is 44.3 Å². The van der Waals surface area contributed by atoms with Crippen LogP contribution < -0.4 is 5.32 Å². The van der Waals surface area contributed by atoms with E-state index in [1.54, 1.807) is 57.2 Å². The van der Waals surface area contributed by atoms with E-state index in [0.29, 0.717) is 11.1 Å². The fourth-order valence-electron chi connectivity index (χ4n) is 10.9. The smallest absolute Gasteiger partial charge is 0.338 e. The highest BCUT2D eigenvalue weighted by atomic mass is 16.6. The Morgan fingerprint density at radius 2 is 1.56 bits per heavy atom. The Morgan fingerprint density at radius 1 is 0.935 bits per heavy atom. The number of benzene rings is 2. The first kappa shape index (κ1) is 45.1. The molecule has 3 aliphatic carbocycles. The molecule has 2 aromatic rings. The zero-order valence-corrected chi connectivity index (χ0v) is 36.6. The maximum atomic E-state index is 15.5. The van der Waals surface area contributed by atoms with Crippen LogP contribution in [0.4, 0.5) is 0 Å². The van der Waals surface area contributed by atoms with Crippen LogP contribution in [0, 0.1) is 22.7 Å². The van der Waals surface area contributed by atoms with Gasteiger partial charge in [0.1, 0.15) is 23.9 Å². The summed E-state index contributed by atoms with van der Waals surface area (Å²) in [5.41, 5.74) is -5.92. The molecule has 0 spiro atoms. The Morgan fingerprint density at radius 3 is 2.15 bits per heavy atom. The van der Waals surface area contributed by atoms with Crippen LogP contribution in [0.15, 0.2) is 59.7 Å². The third kappa shape index (κ3) is 7.14. The largest absolute Gasteiger partial charge is 0.456 e. The third-order valence-electron chi connectivity index (χ3n) is 14.4. The van der Waals surface area contributed by atoms with Crippen molar-refractivity contribution < 1.29 is 67.8 Å². The standard InChI is InChI=1S/C47H57NO14/c1-22(2)16-31-36(52)43(56)60-32-20-47(57)40(61-42(55)30-15-11-13-28(18-30)23(3)27-12-10-14-29(17-27)41(54)48-31)38-45(9,33(51)19-34-46(38,21-58-34)62-26(6)50)39(53)37(59-25(5)49)35(24(32)4)44(47,7)8/h10-15,17-18,22-23,31-34,36-38,40,51-52,57H,16,19-21H2,1-9H3,(H,48,54). The van der Waals surface area contributed by atoms with Gasteiger partial charge in [-0.15, -0.1) is 0 Å². The number of aliphatic hydroxyl groups is 3. The summed E-state index contributed by atoms with van der Waals surface area (Å²) in [5, 5.41) is 40.4. The number of aliphatic hydroxyl groups excluding tert-OH is 2. The molecule has 15 nitrogen and oxygen atoms in total. The highest BCUT2D eigenvalue weighted by Gasteiger charge is 2.78. The Bertz CT molecular complexity index is 2230. The molecule has 3 fully saturated rings. The predicted molar refractivity (Wildman–Crippen MR) is 219 cm³/mol. The summed E-state index contributed by atoms with van der Waals surface area (Å²) < 4.78 is 30.6. The molecule has 7 bridgehead atoms. The van der Waals surface area contributed by atoms with Crippen LogP contribution in [-0.4, -0.2) is 111 Å². The normalized spacial score (nSPS) is 36.8. The van der Waals surface area contributed by atoms with Gasteiger partial charge in [0.05, 0.1) is 35.6 Å². The van der Waals surface area contributed by atoms with Gasteiger partial charge in [-0.3, -0.25) is 19.2 Å². The maximum absolute atomic E-state index is 15.5. The first-order valence-electron chi connectivity index (χ1n) is 21.2. The number of carbonyl (C=O) groups is 6. The van der Waals surface area contributed by atoms with Gasteiger partial charge in [-0.05, 0) is 72.7 Å². The molecule has 2 aliphatic heterocycles. The molecule has 334 valence electrons. The van der Waals surface area contributed by atoms with Gasteiger partial charge in [0.2, 0.25) is 0 Å². The first-order chi connectivity index (χ1) is 29.0. The van der Waals surface area contributed by atoms with Crippen LogP contribution in [-0.2, 0) is 42.9 Å². The molecule has 0 radical (unpaired) electrons. The van der Waals surface area contributed by atoms with Gasteiger partial charge in [-0.25, -0.2) is 9.59 Å². The van der Waals surface area contributed by atoms with E-state index in [1.165, 1.54) is 19.9 Å². The van der Waals surface area contributed by atoms with Crippen molar-refractivity contribution >= 4 is 35.6 Å². The topological polar surface area (TPSA) is 221 Å². The van der Waals surface area contributed by atoms with E-state index in [2.05, 4.69) is 5.32 Å². The molecule has 15 heteroatoms. The van der Waals surface area contributed by atoms with E-state index in [0.717, 1.165) is 6.92 Å². The molecule has 12 atom stereocenters. The summed E-state index contributed by atoms with van der Waals surface area (Å²) in [4.78, 5) is 84.5. The molecule has 7 rings (SSSR count). The number of rotatable bonds is 4. The minimum absolute atomic E-state index is 0.0215. The van der Waals surface area contributed by atoms with Crippen molar-refractivity contribution in [1.82, 2.24) is 5.32 Å². The zero-order valence-electron chi connectivity index (χ0n) is 36.6. The van der Waals surface area contributed by atoms with E-state index < -0.39 is 113 Å². The number of fused-ring (bicyclic) bond motifs is 10. The monoisotopic (exact) mass is 859 g/mol. The molecule has 1 amide bonds. The molecular weight excluding hydrogens is 803 g/mol. The van der Waals surface area contributed by atoms with Gasteiger partial charge in [0.25, 0.3) is 5.91 Å². The number of ether oxygens (including phenoxy) is 5. The molecule has 2 heterocycles. The van der Waals surface area contributed by atoms with Crippen LogP contribution in [0.5, 0.6) is 0 Å². The molecule has 4 N–H and O–H groups in total. The van der Waals surface area contributed by atoms with Gasteiger partial charge in [-0.1, -0.05) is 58.9 Å². The summed E-state index contributed by atoms with van der Waals surface area (Å²) in [6.07, 6.45) is -10.1. The van der Waals surface area contributed by atoms with Crippen molar-refractivity contribution in [2.24, 2.45) is 22.7 Å². The van der Waals surface area contributed by atoms with Crippen molar-refractivity contribution in [3.63, 3.8) is 0 Å². The minimum Gasteiger partial charge on any atom is -0.456 e. The fraction of sp³-hybridized carbons (Fsp3) is 0.574. The van der Waals surface area contributed by atoms with Crippen LogP contribution in [0.3, 0.4) is 0 Å². The zero-order chi connectivity index (χ0) is 45.4. The van der Waals surface area contributed by atoms with E-state index in [4.69, 9.17) is 23.7 Å². The maximum Gasteiger partial charge on any atom is 0.338 e. The lowest BCUT2D eigenvalue weighted by molar-refractivity contribution is -0.346.